The van der Waals surface area contributed by atoms with E-state index in [1.54, 1.807) is 0 Å². The zero-order chi connectivity index (χ0) is 25.7. The van der Waals surface area contributed by atoms with Gasteiger partial charge in [-0.1, -0.05) is 107 Å². The monoisotopic (exact) mass is 478 g/mol. The molecule has 0 saturated heterocycles. The molecule has 6 rings (SSSR count). The molecule has 0 fully saturated rings. The average molecular weight is 479 g/mol. The number of aryl methyl sites for hydroxylation is 4. The van der Waals surface area contributed by atoms with Crippen molar-refractivity contribution < 1.29 is 5.11 Å². The molecule has 0 radical (unpaired) electrons. The molecule has 1 nitrogen and oxygen atoms in total. The minimum Gasteiger partial charge on any atom is -0.507 e. The Balaban J connectivity index is 1.72. The minimum absolute atomic E-state index is 0.325. The van der Waals surface area contributed by atoms with Gasteiger partial charge in [-0.2, -0.15) is 0 Å². The normalized spacial score (nSPS) is 11.4. The molecule has 0 spiro atoms. The van der Waals surface area contributed by atoms with Crippen LogP contribution in [0.15, 0.2) is 103 Å². The van der Waals surface area contributed by atoms with E-state index >= 15 is 0 Å². The van der Waals surface area contributed by atoms with E-state index in [1.807, 2.05) is 0 Å². The van der Waals surface area contributed by atoms with Crippen molar-refractivity contribution >= 4 is 21.5 Å². The maximum absolute atomic E-state index is 12.0. The summed E-state index contributed by atoms with van der Waals surface area (Å²) < 4.78 is 0. The molecule has 180 valence electrons. The SMILES string of the molecule is Cc1cc(C)cc(-c2cc(-c3c(O)c(-c4cc(C)cc(C)c4)cc4ccccc34)c3ccccc3c2)c1. The topological polar surface area (TPSA) is 20.2 Å². The fourth-order valence-electron chi connectivity index (χ4n) is 5.78. The van der Waals surface area contributed by atoms with E-state index in [1.165, 1.54) is 27.8 Å². The number of hydrogen-bond acceptors (Lipinski definition) is 1. The Bertz CT molecular complexity index is 1780. The number of rotatable bonds is 3. The van der Waals surface area contributed by atoms with Crippen molar-refractivity contribution in [3.05, 3.63) is 125 Å². The molecule has 0 amide bonds. The van der Waals surface area contributed by atoms with Crippen LogP contribution in [0.3, 0.4) is 0 Å². The Kier molecular flexibility index (Phi) is 5.57. The summed E-state index contributed by atoms with van der Waals surface area (Å²) in [6, 6.07) is 36.7. The molecule has 0 bridgehead atoms. The largest absolute Gasteiger partial charge is 0.507 e. The van der Waals surface area contributed by atoms with Crippen LogP contribution in [0.2, 0.25) is 0 Å². The van der Waals surface area contributed by atoms with Crippen LogP contribution in [0.1, 0.15) is 22.3 Å². The standard InChI is InChI=1S/C36H30O/c1-22-13-23(2)16-28(15-22)29-19-26-9-5-7-11-31(26)34(21-29)35-32-12-8-6-10-27(32)20-33(36(35)37)30-17-24(3)14-25(4)18-30/h5-21,37H,1-4H3. The van der Waals surface area contributed by atoms with Crippen LogP contribution < -0.4 is 0 Å². The molecule has 0 saturated carbocycles. The van der Waals surface area contributed by atoms with Crippen LogP contribution in [-0.4, -0.2) is 5.11 Å². The second kappa shape index (κ2) is 8.94. The Hall–Kier alpha value is -4.36. The maximum atomic E-state index is 12.0. The highest BCUT2D eigenvalue weighted by Gasteiger charge is 2.19. The van der Waals surface area contributed by atoms with Crippen LogP contribution in [0.25, 0.3) is 54.9 Å². The first kappa shape index (κ1) is 23.1. The van der Waals surface area contributed by atoms with Gasteiger partial charge in [0.2, 0.25) is 0 Å². The number of phenolic OH excluding ortho intramolecular Hbond substituents is 1. The van der Waals surface area contributed by atoms with Gasteiger partial charge in [-0.05, 0) is 89.7 Å². The lowest BCUT2D eigenvalue weighted by Crippen LogP contribution is -1.92. The van der Waals surface area contributed by atoms with Crippen LogP contribution in [0.5, 0.6) is 5.75 Å². The molecule has 0 heterocycles. The highest BCUT2D eigenvalue weighted by Crippen LogP contribution is 2.47. The first-order valence-electron chi connectivity index (χ1n) is 12.8. The average Bonchev–Trinajstić information content (AvgIpc) is 2.87. The van der Waals surface area contributed by atoms with E-state index in [2.05, 4.69) is 131 Å². The smallest absolute Gasteiger partial charge is 0.131 e. The maximum Gasteiger partial charge on any atom is 0.131 e. The van der Waals surface area contributed by atoms with E-state index in [0.29, 0.717) is 5.75 Å². The number of phenols is 1. The lowest BCUT2D eigenvalue weighted by Gasteiger charge is -2.18. The van der Waals surface area contributed by atoms with Crippen molar-refractivity contribution in [2.24, 2.45) is 0 Å². The Morgan fingerprint density at radius 2 is 0.919 bits per heavy atom. The Labute approximate surface area is 218 Å². The molecule has 0 aliphatic rings. The third-order valence-corrected chi connectivity index (χ3v) is 7.24. The van der Waals surface area contributed by atoms with Crippen molar-refractivity contribution in [2.75, 3.05) is 0 Å². The Morgan fingerprint density at radius 1 is 0.432 bits per heavy atom. The first-order valence-corrected chi connectivity index (χ1v) is 12.8. The highest BCUT2D eigenvalue weighted by molar-refractivity contribution is 6.11. The highest BCUT2D eigenvalue weighted by atomic mass is 16.3. The van der Waals surface area contributed by atoms with Crippen molar-refractivity contribution in [1.82, 2.24) is 0 Å². The van der Waals surface area contributed by atoms with Crippen LogP contribution in [-0.2, 0) is 0 Å². The van der Waals surface area contributed by atoms with E-state index in [9.17, 15) is 5.11 Å². The van der Waals surface area contributed by atoms with Gasteiger partial charge < -0.3 is 5.11 Å². The van der Waals surface area contributed by atoms with Crippen molar-refractivity contribution in [2.45, 2.75) is 27.7 Å². The number of aromatic hydroxyl groups is 1. The van der Waals surface area contributed by atoms with E-state index in [4.69, 9.17) is 0 Å². The van der Waals surface area contributed by atoms with Gasteiger partial charge >= 0.3 is 0 Å². The number of benzene rings is 6. The van der Waals surface area contributed by atoms with Crippen LogP contribution in [0.4, 0.5) is 0 Å². The lowest BCUT2D eigenvalue weighted by molar-refractivity contribution is 0.480. The zero-order valence-corrected chi connectivity index (χ0v) is 21.8. The molecular weight excluding hydrogens is 448 g/mol. The van der Waals surface area contributed by atoms with Crippen molar-refractivity contribution in [3.8, 4) is 39.1 Å². The predicted molar refractivity (Wildman–Crippen MR) is 158 cm³/mol. The molecular formula is C36H30O. The Morgan fingerprint density at radius 3 is 1.54 bits per heavy atom. The van der Waals surface area contributed by atoms with Gasteiger partial charge in [-0.3, -0.25) is 0 Å². The summed E-state index contributed by atoms with van der Waals surface area (Å²) in [6.07, 6.45) is 0. The van der Waals surface area contributed by atoms with Gasteiger partial charge in [0.05, 0.1) is 0 Å². The quantitative estimate of drug-likeness (QED) is 0.268. The van der Waals surface area contributed by atoms with E-state index in [-0.39, 0.29) is 0 Å². The fourth-order valence-corrected chi connectivity index (χ4v) is 5.78. The number of fused-ring (bicyclic) bond motifs is 2. The van der Waals surface area contributed by atoms with Gasteiger partial charge in [-0.15, -0.1) is 0 Å². The van der Waals surface area contributed by atoms with E-state index < -0.39 is 0 Å². The van der Waals surface area contributed by atoms with Gasteiger partial charge in [0.25, 0.3) is 0 Å². The van der Waals surface area contributed by atoms with Crippen LogP contribution >= 0.6 is 0 Å². The molecule has 0 aromatic heterocycles. The third-order valence-electron chi connectivity index (χ3n) is 7.24. The van der Waals surface area contributed by atoms with Crippen molar-refractivity contribution in [1.29, 1.82) is 0 Å². The molecule has 0 atom stereocenters. The summed E-state index contributed by atoms with van der Waals surface area (Å²) in [7, 11) is 0. The molecule has 1 N–H and O–H groups in total. The van der Waals surface area contributed by atoms with E-state index in [0.717, 1.165) is 49.4 Å². The summed E-state index contributed by atoms with van der Waals surface area (Å²) in [6.45, 7) is 8.50. The third kappa shape index (κ3) is 4.17. The summed E-state index contributed by atoms with van der Waals surface area (Å²) in [5.74, 6) is 0.325. The molecule has 0 unspecified atom stereocenters. The molecule has 6 aromatic rings. The second-order valence-corrected chi connectivity index (χ2v) is 10.4. The lowest BCUT2D eigenvalue weighted by atomic mass is 9.87. The van der Waals surface area contributed by atoms with Crippen LogP contribution in [0, 0.1) is 27.7 Å². The summed E-state index contributed by atoms with van der Waals surface area (Å²) >= 11 is 0. The second-order valence-electron chi connectivity index (χ2n) is 10.4. The van der Waals surface area contributed by atoms with Crippen molar-refractivity contribution in [3.63, 3.8) is 0 Å². The van der Waals surface area contributed by atoms with Gasteiger partial charge in [0, 0.05) is 11.1 Å². The van der Waals surface area contributed by atoms with Gasteiger partial charge in [-0.25, -0.2) is 0 Å². The molecule has 6 aromatic carbocycles. The molecule has 0 aliphatic carbocycles. The molecule has 1 heteroatoms. The van der Waals surface area contributed by atoms with Gasteiger partial charge in [0.15, 0.2) is 0 Å². The predicted octanol–water partition coefficient (Wildman–Crippen LogP) is 9.93. The zero-order valence-electron chi connectivity index (χ0n) is 21.8. The minimum atomic E-state index is 0.325. The summed E-state index contributed by atoms with van der Waals surface area (Å²) in [5.41, 5.74) is 11.0. The summed E-state index contributed by atoms with van der Waals surface area (Å²) in [5, 5.41) is 16.4. The van der Waals surface area contributed by atoms with Gasteiger partial charge in [0.1, 0.15) is 5.75 Å². The first-order chi connectivity index (χ1) is 17.9. The fraction of sp³-hybridized carbons (Fsp3) is 0.111. The molecule has 0 aliphatic heterocycles. The summed E-state index contributed by atoms with van der Waals surface area (Å²) in [4.78, 5) is 0. The molecule has 37 heavy (non-hydrogen) atoms. The number of hydrogen-bond donors (Lipinski definition) is 1.